The lowest BCUT2D eigenvalue weighted by atomic mass is 9.76. The average Bonchev–Trinajstić information content (AvgIpc) is 2.54. The van der Waals surface area contributed by atoms with E-state index in [1.54, 1.807) is 6.07 Å². The van der Waals surface area contributed by atoms with Crippen LogP contribution in [0, 0.1) is 16.7 Å². The molecule has 112 valence electrons. The lowest BCUT2D eigenvalue weighted by molar-refractivity contribution is -0.132. The molecule has 1 fully saturated rings. The van der Waals surface area contributed by atoms with Gasteiger partial charge in [0, 0.05) is 13.1 Å². The molecule has 1 unspecified atom stereocenters. The quantitative estimate of drug-likeness (QED) is 0.872. The summed E-state index contributed by atoms with van der Waals surface area (Å²) in [7, 11) is 0. The number of nitrogens with one attached hydrogen (secondary N) is 2. The summed E-state index contributed by atoms with van der Waals surface area (Å²) < 4.78 is 0. The summed E-state index contributed by atoms with van der Waals surface area (Å²) in [6, 6.07) is 9.51. The fourth-order valence-electron chi connectivity index (χ4n) is 3.09. The Labute approximate surface area is 126 Å². The zero-order valence-corrected chi connectivity index (χ0v) is 12.6. The van der Waals surface area contributed by atoms with Crippen LogP contribution < -0.4 is 10.6 Å². The first-order valence-electron chi connectivity index (χ1n) is 7.68. The van der Waals surface area contributed by atoms with Crippen LogP contribution in [0.2, 0.25) is 0 Å². The number of nitrogens with zero attached hydrogens (tertiary/aromatic N) is 1. The second kappa shape index (κ2) is 7.24. The van der Waals surface area contributed by atoms with Crippen molar-refractivity contribution in [3.8, 4) is 6.07 Å². The third-order valence-corrected chi connectivity index (χ3v) is 4.19. The van der Waals surface area contributed by atoms with Crippen LogP contribution in [0.15, 0.2) is 24.3 Å². The van der Waals surface area contributed by atoms with Gasteiger partial charge in [-0.2, -0.15) is 5.26 Å². The van der Waals surface area contributed by atoms with Gasteiger partial charge in [-0.15, -0.1) is 0 Å². The number of carbonyl (C=O) groups is 1. The number of benzene rings is 1. The van der Waals surface area contributed by atoms with Crippen LogP contribution in [0.5, 0.6) is 0 Å². The lowest BCUT2D eigenvalue weighted by Gasteiger charge is -2.36. The topological polar surface area (TPSA) is 64.9 Å². The largest absolute Gasteiger partial charge is 0.352 e. The Morgan fingerprint density at radius 3 is 3.05 bits per heavy atom. The molecule has 0 bridgehead atoms. The second-order valence-electron chi connectivity index (χ2n) is 5.81. The molecule has 0 saturated carbocycles. The molecule has 2 N–H and O–H groups in total. The van der Waals surface area contributed by atoms with Gasteiger partial charge in [0.2, 0.25) is 5.91 Å². The van der Waals surface area contributed by atoms with Crippen molar-refractivity contribution >= 4 is 5.91 Å². The highest BCUT2D eigenvalue weighted by Crippen LogP contribution is 2.31. The van der Waals surface area contributed by atoms with Crippen molar-refractivity contribution in [3.63, 3.8) is 0 Å². The molecule has 0 aliphatic carbocycles. The molecule has 4 nitrogen and oxygen atoms in total. The monoisotopic (exact) mass is 285 g/mol. The molecule has 2 rings (SSSR count). The summed E-state index contributed by atoms with van der Waals surface area (Å²) in [5, 5.41) is 15.3. The van der Waals surface area contributed by atoms with Gasteiger partial charge in [0.1, 0.15) is 0 Å². The zero-order chi connectivity index (χ0) is 15.1. The molecule has 21 heavy (non-hydrogen) atoms. The molecular formula is C17H23N3O. The number of hydrogen-bond acceptors (Lipinski definition) is 3. The Kier molecular flexibility index (Phi) is 5.35. The number of amides is 1. The third-order valence-electron chi connectivity index (χ3n) is 4.19. The molecule has 4 heteroatoms. The normalized spacial score (nSPS) is 21.5. The molecule has 0 aromatic heterocycles. The predicted molar refractivity (Wildman–Crippen MR) is 82.4 cm³/mol. The summed E-state index contributed by atoms with van der Waals surface area (Å²) >= 11 is 0. The highest BCUT2D eigenvalue weighted by Gasteiger charge is 2.38. The first-order valence-corrected chi connectivity index (χ1v) is 7.68. The van der Waals surface area contributed by atoms with Crippen LogP contribution >= 0.6 is 0 Å². The van der Waals surface area contributed by atoms with E-state index >= 15 is 0 Å². The summed E-state index contributed by atoms with van der Waals surface area (Å²) in [6.45, 7) is 4.38. The van der Waals surface area contributed by atoms with E-state index in [4.69, 9.17) is 5.26 Å². The second-order valence-corrected chi connectivity index (χ2v) is 5.81. The first kappa shape index (κ1) is 15.5. The summed E-state index contributed by atoms with van der Waals surface area (Å²) in [4.78, 5) is 12.6. The summed E-state index contributed by atoms with van der Waals surface area (Å²) in [5.41, 5.74) is 1.34. The fourth-order valence-corrected chi connectivity index (χ4v) is 3.09. The van der Waals surface area contributed by atoms with E-state index in [1.807, 2.05) is 18.2 Å². The van der Waals surface area contributed by atoms with Crippen LogP contribution in [-0.2, 0) is 11.3 Å². The van der Waals surface area contributed by atoms with Gasteiger partial charge in [-0.05, 0) is 43.5 Å². The number of hydrogen-bond donors (Lipinski definition) is 2. The molecule has 0 spiro atoms. The number of carbonyl (C=O) groups excluding carboxylic acids is 1. The molecule has 1 saturated heterocycles. The van der Waals surface area contributed by atoms with Crippen molar-refractivity contribution in [1.29, 1.82) is 5.26 Å². The molecular weight excluding hydrogens is 262 g/mol. The lowest BCUT2D eigenvalue weighted by Crippen LogP contribution is -2.50. The summed E-state index contributed by atoms with van der Waals surface area (Å²) in [6.07, 6.45) is 3.94. The van der Waals surface area contributed by atoms with E-state index in [2.05, 4.69) is 23.6 Å². The first-order chi connectivity index (χ1) is 10.2. The Morgan fingerprint density at radius 2 is 2.38 bits per heavy atom. The minimum Gasteiger partial charge on any atom is -0.352 e. The Hall–Kier alpha value is -1.86. The zero-order valence-electron chi connectivity index (χ0n) is 12.6. The molecule has 1 amide bonds. The molecule has 1 atom stereocenters. The highest BCUT2D eigenvalue weighted by atomic mass is 16.2. The maximum Gasteiger partial charge on any atom is 0.227 e. The van der Waals surface area contributed by atoms with Crippen molar-refractivity contribution in [3.05, 3.63) is 35.4 Å². The molecule has 0 radical (unpaired) electrons. The van der Waals surface area contributed by atoms with Gasteiger partial charge < -0.3 is 10.6 Å². The Bertz CT molecular complexity index is 522. The third kappa shape index (κ3) is 3.83. The van der Waals surface area contributed by atoms with Crippen LogP contribution in [0.3, 0.4) is 0 Å². The SMILES string of the molecule is CCCC1(C(=O)NCc2cccc(C#N)c2)CCCNC1. The van der Waals surface area contributed by atoms with Crippen molar-refractivity contribution < 1.29 is 4.79 Å². The van der Waals surface area contributed by atoms with E-state index in [-0.39, 0.29) is 11.3 Å². The molecule has 1 aliphatic rings. The van der Waals surface area contributed by atoms with E-state index in [0.717, 1.165) is 44.3 Å². The molecule has 1 aromatic rings. The van der Waals surface area contributed by atoms with Gasteiger partial charge in [0.25, 0.3) is 0 Å². The molecule has 1 aromatic carbocycles. The number of rotatable bonds is 5. The van der Waals surface area contributed by atoms with Crippen LogP contribution in [-0.4, -0.2) is 19.0 Å². The maximum atomic E-state index is 12.6. The van der Waals surface area contributed by atoms with E-state index < -0.39 is 0 Å². The highest BCUT2D eigenvalue weighted by molar-refractivity contribution is 5.83. The Morgan fingerprint density at radius 1 is 1.52 bits per heavy atom. The smallest absolute Gasteiger partial charge is 0.227 e. The van der Waals surface area contributed by atoms with Crippen molar-refractivity contribution in [1.82, 2.24) is 10.6 Å². The van der Waals surface area contributed by atoms with Gasteiger partial charge in [0.05, 0.1) is 17.0 Å². The minimum atomic E-state index is -0.264. The van der Waals surface area contributed by atoms with Gasteiger partial charge in [-0.25, -0.2) is 0 Å². The maximum absolute atomic E-state index is 12.6. The van der Waals surface area contributed by atoms with Gasteiger partial charge in [-0.1, -0.05) is 25.5 Å². The standard InChI is InChI=1S/C17H23N3O/c1-2-7-17(8-4-9-19-13-17)16(21)20-12-15-6-3-5-14(10-15)11-18/h3,5-6,10,19H,2,4,7-9,12-13H2,1H3,(H,20,21). The van der Waals surface area contributed by atoms with Crippen LogP contribution in [0.25, 0.3) is 0 Å². The van der Waals surface area contributed by atoms with E-state index in [1.165, 1.54) is 0 Å². The van der Waals surface area contributed by atoms with Crippen molar-refractivity contribution in [2.24, 2.45) is 5.41 Å². The molecule has 1 aliphatic heterocycles. The van der Waals surface area contributed by atoms with Crippen LogP contribution in [0.1, 0.15) is 43.7 Å². The van der Waals surface area contributed by atoms with Gasteiger partial charge >= 0.3 is 0 Å². The minimum absolute atomic E-state index is 0.138. The average molecular weight is 285 g/mol. The van der Waals surface area contributed by atoms with Crippen LogP contribution in [0.4, 0.5) is 0 Å². The number of piperidine rings is 1. The predicted octanol–water partition coefficient (Wildman–Crippen LogP) is 2.34. The van der Waals surface area contributed by atoms with E-state index in [9.17, 15) is 4.79 Å². The van der Waals surface area contributed by atoms with Gasteiger partial charge in [0.15, 0.2) is 0 Å². The van der Waals surface area contributed by atoms with E-state index in [0.29, 0.717) is 12.1 Å². The fraction of sp³-hybridized carbons (Fsp3) is 0.529. The Balaban J connectivity index is 2.00. The van der Waals surface area contributed by atoms with Gasteiger partial charge in [-0.3, -0.25) is 4.79 Å². The number of nitriles is 1. The van der Waals surface area contributed by atoms with Crippen molar-refractivity contribution in [2.45, 2.75) is 39.2 Å². The molecule has 1 heterocycles. The van der Waals surface area contributed by atoms with Crippen molar-refractivity contribution in [2.75, 3.05) is 13.1 Å². The summed E-state index contributed by atoms with van der Waals surface area (Å²) in [5.74, 6) is 0.138.